The lowest BCUT2D eigenvalue weighted by Crippen LogP contribution is -2.32. The van der Waals surface area contributed by atoms with Gasteiger partial charge in [0.1, 0.15) is 5.82 Å². The maximum Gasteiger partial charge on any atom is 0.223 e. The number of aryl methyl sites for hydroxylation is 1. The fraction of sp³-hybridized carbons (Fsp3) is 0.400. The minimum Gasteiger partial charge on any atom is -0.333 e. The smallest absolute Gasteiger partial charge is 0.223 e. The Labute approximate surface area is 186 Å². The molecule has 0 spiro atoms. The van der Waals surface area contributed by atoms with Gasteiger partial charge in [-0.05, 0) is 63.8 Å². The maximum absolute atomic E-state index is 13.2. The van der Waals surface area contributed by atoms with Crippen molar-refractivity contribution in [1.82, 2.24) is 19.4 Å². The molecule has 31 heavy (non-hydrogen) atoms. The van der Waals surface area contributed by atoms with Gasteiger partial charge in [-0.3, -0.25) is 4.79 Å². The number of hydrogen-bond donors (Lipinski definition) is 0. The minimum atomic E-state index is 0.0738. The van der Waals surface area contributed by atoms with Crippen LogP contribution in [-0.2, 0) is 11.2 Å². The summed E-state index contributed by atoms with van der Waals surface area (Å²) in [6, 6.07) is 16.9. The number of nitrogens with zero attached hydrogens (tertiary/aromatic N) is 4. The number of para-hydroxylation sites is 3. The SMILES string of the molecule is CC(C)n1c(C2CCCN2C(=O)CCCc2nc3ccccc3s2)nc2ccccc21. The largest absolute Gasteiger partial charge is 0.333 e. The van der Waals surface area contributed by atoms with Crippen molar-refractivity contribution >= 4 is 38.5 Å². The molecule has 1 unspecified atom stereocenters. The maximum atomic E-state index is 13.2. The molecule has 160 valence electrons. The van der Waals surface area contributed by atoms with Crippen LogP contribution in [0.15, 0.2) is 48.5 Å². The number of benzene rings is 2. The van der Waals surface area contributed by atoms with Gasteiger partial charge in [0.05, 0.1) is 32.3 Å². The molecule has 1 atom stereocenters. The Bertz CT molecular complexity index is 1190. The lowest BCUT2D eigenvalue weighted by Gasteiger charge is -2.26. The Balaban J connectivity index is 1.30. The summed E-state index contributed by atoms with van der Waals surface area (Å²) >= 11 is 1.74. The van der Waals surface area contributed by atoms with E-state index in [0.29, 0.717) is 12.5 Å². The highest BCUT2D eigenvalue weighted by Gasteiger charge is 2.33. The van der Waals surface area contributed by atoms with E-state index in [-0.39, 0.29) is 11.9 Å². The highest BCUT2D eigenvalue weighted by Crippen LogP contribution is 2.35. The monoisotopic (exact) mass is 432 g/mol. The van der Waals surface area contributed by atoms with Crippen molar-refractivity contribution in [3.63, 3.8) is 0 Å². The third kappa shape index (κ3) is 3.85. The lowest BCUT2D eigenvalue weighted by molar-refractivity contribution is -0.132. The van der Waals surface area contributed by atoms with Gasteiger partial charge in [-0.1, -0.05) is 24.3 Å². The second-order valence-corrected chi connectivity index (χ2v) is 9.71. The van der Waals surface area contributed by atoms with Gasteiger partial charge in [0.15, 0.2) is 0 Å². The quantitative estimate of drug-likeness (QED) is 0.380. The third-order valence-corrected chi connectivity index (χ3v) is 7.23. The second-order valence-electron chi connectivity index (χ2n) is 8.60. The van der Waals surface area contributed by atoms with E-state index >= 15 is 0 Å². The van der Waals surface area contributed by atoms with E-state index in [2.05, 4.69) is 53.6 Å². The number of carbonyl (C=O) groups is 1. The second kappa shape index (κ2) is 8.42. The first-order valence-corrected chi connectivity index (χ1v) is 12.0. The average Bonchev–Trinajstić information content (AvgIpc) is 3.48. The number of imidazole rings is 1. The zero-order chi connectivity index (χ0) is 21.4. The van der Waals surface area contributed by atoms with Gasteiger partial charge in [0, 0.05) is 19.0 Å². The molecule has 0 saturated carbocycles. The van der Waals surface area contributed by atoms with E-state index in [9.17, 15) is 4.79 Å². The molecule has 4 aromatic rings. The van der Waals surface area contributed by atoms with Gasteiger partial charge in [-0.25, -0.2) is 9.97 Å². The molecular weight excluding hydrogens is 404 g/mol. The standard InChI is InChI=1S/C25H28N4OS/c1-17(2)29-20-11-5-3-9-18(20)27-25(29)21-12-8-16-28(21)24(30)15-7-14-23-26-19-10-4-6-13-22(19)31-23/h3-6,9-11,13,17,21H,7-8,12,14-16H2,1-2H3. The first-order chi connectivity index (χ1) is 15.1. The number of aromatic nitrogens is 3. The van der Waals surface area contributed by atoms with Crippen LogP contribution in [0.3, 0.4) is 0 Å². The summed E-state index contributed by atoms with van der Waals surface area (Å²) in [7, 11) is 0. The molecule has 0 N–H and O–H groups in total. The molecule has 1 amide bonds. The molecule has 3 heterocycles. The molecule has 0 bridgehead atoms. The molecule has 6 heteroatoms. The predicted octanol–water partition coefficient (Wildman–Crippen LogP) is 5.91. The normalized spacial score (nSPS) is 16.7. The van der Waals surface area contributed by atoms with Crippen molar-refractivity contribution in [3.05, 3.63) is 59.4 Å². The summed E-state index contributed by atoms with van der Waals surface area (Å²) in [4.78, 5) is 24.9. The summed E-state index contributed by atoms with van der Waals surface area (Å²) in [6.07, 6.45) is 4.28. The molecule has 1 saturated heterocycles. The van der Waals surface area contributed by atoms with Crippen LogP contribution in [0, 0.1) is 0 Å². The van der Waals surface area contributed by atoms with Crippen LogP contribution >= 0.6 is 11.3 Å². The van der Waals surface area contributed by atoms with Gasteiger partial charge >= 0.3 is 0 Å². The molecule has 2 aromatic heterocycles. The van der Waals surface area contributed by atoms with Crippen LogP contribution in [-0.4, -0.2) is 31.9 Å². The molecule has 5 rings (SSSR count). The zero-order valence-electron chi connectivity index (χ0n) is 18.1. The van der Waals surface area contributed by atoms with Gasteiger partial charge in [0.2, 0.25) is 5.91 Å². The number of fused-ring (bicyclic) bond motifs is 2. The van der Waals surface area contributed by atoms with Crippen LogP contribution in [0.4, 0.5) is 0 Å². The molecule has 1 aliphatic rings. The summed E-state index contributed by atoms with van der Waals surface area (Å²) in [5, 5.41) is 1.12. The van der Waals surface area contributed by atoms with Gasteiger partial charge in [-0.2, -0.15) is 0 Å². The van der Waals surface area contributed by atoms with Crippen molar-refractivity contribution in [2.45, 2.75) is 58.0 Å². The highest BCUT2D eigenvalue weighted by atomic mass is 32.1. The molecule has 1 fully saturated rings. The zero-order valence-corrected chi connectivity index (χ0v) is 18.9. The molecule has 1 aliphatic heterocycles. The summed E-state index contributed by atoms with van der Waals surface area (Å²) in [5.41, 5.74) is 3.23. The van der Waals surface area contributed by atoms with E-state index in [0.717, 1.165) is 59.6 Å². The van der Waals surface area contributed by atoms with Gasteiger partial charge in [-0.15, -0.1) is 11.3 Å². The van der Waals surface area contributed by atoms with Crippen LogP contribution in [0.1, 0.15) is 62.4 Å². The Morgan fingerprint density at radius 2 is 1.87 bits per heavy atom. The topological polar surface area (TPSA) is 51.0 Å². The highest BCUT2D eigenvalue weighted by molar-refractivity contribution is 7.18. The van der Waals surface area contributed by atoms with E-state index in [1.54, 1.807) is 11.3 Å². The fourth-order valence-electron chi connectivity index (χ4n) is 4.74. The number of amides is 1. The Morgan fingerprint density at radius 1 is 1.10 bits per heavy atom. The van der Waals surface area contributed by atoms with Gasteiger partial charge in [0.25, 0.3) is 0 Å². The first kappa shape index (κ1) is 20.2. The lowest BCUT2D eigenvalue weighted by atomic mass is 10.1. The molecule has 0 radical (unpaired) electrons. The van der Waals surface area contributed by atoms with E-state index < -0.39 is 0 Å². The summed E-state index contributed by atoms with van der Waals surface area (Å²) in [6.45, 7) is 5.21. The number of hydrogen-bond acceptors (Lipinski definition) is 4. The van der Waals surface area contributed by atoms with E-state index in [4.69, 9.17) is 9.97 Å². The fourth-order valence-corrected chi connectivity index (χ4v) is 5.74. The summed E-state index contributed by atoms with van der Waals surface area (Å²) < 4.78 is 3.53. The molecule has 2 aromatic carbocycles. The summed E-state index contributed by atoms with van der Waals surface area (Å²) in [5.74, 6) is 1.28. The van der Waals surface area contributed by atoms with Crippen LogP contribution in [0.25, 0.3) is 21.3 Å². The van der Waals surface area contributed by atoms with Crippen molar-refractivity contribution in [2.75, 3.05) is 6.54 Å². The van der Waals surface area contributed by atoms with Crippen LogP contribution in [0.2, 0.25) is 0 Å². The predicted molar refractivity (Wildman–Crippen MR) is 126 cm³/mol. The van der Waals surface area contributed by atoms with Crippen LogP contribution in [0.5, 0.6) is 0 Å². The third-order valence-electron chi connectivity index (χ3n) is 6.13. The first-order valence-electron chi connectivity index (χ1n) is 11.2. The van der Waals surface area contributed by atoms with Crippen molar-refractivity contribution in [2.24, 2.45) is 0 Å². The molecular formula is C25H28N4OS. The van der Waals surface area contributed by atoms with E-state index in [1.165, 1.54) is 4.70 Å². The van der Waals surface area contributed by atoms with Crippen molar-refractivity contribution in [1.29, 1.82) is 0 Å². The van der Waals surface area contributed by atoms with Crippen molar-refractivity contribution < 1.29 is 4.79 Å². The Kier molecular flexibility index (Phi) is 5.48. The Hall–Kier alpha value is -2.73. The average molecular weight is 433 g/mol. The number of rotatable bonds is 6. The Morgan fingerprint density at radius 3 is 2.68 bits per heavy atom. The number of carbonyl (C=O) groups excluding carboxylic acids is 1. The molecule has 0 aliphatic carbocycles. The minimum absolute atomic E-state index is 0.0738. The van der Waals surface area contributed by atoms with E-state index in [1.807, 2.05) is 18.2 Å². The molecule has 5 nitrogen and oxygen atoms in total. The number of likely N-dealkylation sites (tertiary alicyclic amines) is 1. The van der Waals surface area contributed by atoms with Crippen molar-refractivity contribution in [3.8, 4) is 0 Å². The number of thiazole rings is 1. The van der Waals surface area contributed by atoms with Crippen LogP contribution < -0.4 is 0 Å². The van der Waals surface area contributed by atoms with Gasteiger partial charge < -0.3 is 9.47 Å².